The predicted octanol–water partition coefficient (Wildman–Crippen LogP) is 4.16. The van der Waals surface area contributed by atoms with E-state index in [9.17, 15) is 14.5 Å². The second kappa shape index (κ2) is 12.1. The number of alkyl halides is 1. The second-order valence-corrected chi connectivity index (χ2v) is 12.1. The fraction of sp³-hybridized carbons (Fsp3) is 0.520. The summed E-state index contributed by atoms with van der Waals surface area (Å²) < 4.78 is 54.0. The van der Waals surface area contributed by atoms with Crippen LogP contribution >= 0.6 is 19.3 Å². The summed E-state index contributed by atoms with van der Waals surface area (Å²) in [4.78, 5) is 24.9. The van der Waals surface area contributed by atoms with E-state index in [0.717, 1.165) is 0 Å². The number of aliphatic hydroxyl groups is 1. The Labute approximate surface area is 235 Å². The lowest BCUT2D eigenvalue weighted by Crippen LogP contribution is -2.42. The fourth-order valence-corrected chi connectivity index (χ4v) is 6.11. The molecule has 1 saturated heterocycles. The molecule has 2 aromatic heterocycles. The summed E-state index contributed by atoms with van der Waals surface area (Å²) in [6.07, 6.45) is -3.17. The normalized spacial score (nSPS) is 25.2. The highest BCUT2D eigenvalue weighted by Gasteiger charge is 2.56. The number of aliphatic hydroxyl groups excluding tert-OH is 1. The van der Waals surface area contributed by atoms with Crippen molar-refractivity contribution in [1.82, 2.24) is 24.6 Å². The van der Waals surface area contributed by atoms with Crippen LogP contribution in [0.3, 0.4) is 0 Å². The first-order valence-corrected chi connectivity index (χ1v) is 14.5. The topological polar surface area (TPSA) is 147 Å². The van der Waals surface area contributed by atoms with Crippen molar-refractivity contribution in [2.45, 2.75) is 65.3 Å². The first-order valence-electron chi connectivity index (χ1n) is 12.6. The molecule has 2 N–H and O–H groups in total. The molecule has 3 unspecified atom stereocenters. The zero-order chi connectivity index (χ0) is 29.2. The average molecular weight is 600 g/mol. The molecule has 15 heteroatoms. The molecule has 0 amide bonds. The fourth-order valence-electron chi connectivity index (χ4n) is 4.30. The molecule has 0 saturated carbocycles. The molecule has 0 radical (unpaired) electrons. The Balaban J connectivity index is 1.60. The van der Waals surface area contributed by atoms with Crippen molar-refractivity contribution in [3.63, 3.8) is 0 Å². The number of carbonyl (C=O) groups is 1. The number of aryl methyl sites for hydroxylation is 1. The number of aromatic nitrogens is 4. The van der Waals surface area contributed by atoms with Crippen molar-refractivity contribution < 1.29 is 37.4 Å². The van der Waals surface area contributed by atoms with Gasteiger partial charge in [0.25, 0.3) is 0 Å². The number of halogens is 2. The number of nitrogens with zero attached hydrogens (tertiary/aromatic N) is 4. The van der Waals surface area contributed by atoms with Crippen LogP contribution in [0, 0.1) is 12.3 Å². The van der Waals surface area contributed by atoms with Gasteiger partial charge in [-0.1, -0.05) is 25.1 Å². The Morgan fingerprint density at radius 1 is 1.30 bits per heavy atom. The van der Waals surface area contributed by atoms with Gasteiger partial charge in [-0.05, 0) is 51.4 Å². The average Bonchev–Trinajstić information content (AvgIpc) is 3.41. The molecule has 3 aromatic rings. The van der Waals surface area contributed by atoms with Gasteiger partial charge in [0.2, 0.25) is 5.28 Å². The molecular weight excluding hydrogens is 568 g/mol. The van der Waals surface area contributed by atoms with Crippen LogP contribution in [0.1, 0.15) is 39.6 Å². The molecule has 1 fully saturated rings. The number of esters is 1. The number of hydrogen-bond donors (Lipinski definition) is 2. The number of imidazole rings is 1. The molecule has 3 heterocycles. The Morgan fingerprint density at radius 3 is 2.65 bits per heavy atom. The zero-order valence-electron chi connectivity index (χ0n) is 22.7. The number of ether oxygens (including phenoxy) is 2. The van der Waals surface area contributed by atoms with E-state index in [4.69, 9.17) is 30.1 Å². The van der Waals surface area contributed by atoms with Crippen LogP contribution in [-0.2, 0) is 23.4 Å². The van der Waals surface area contributed by atoms with Gasteiger partial charge < -0.3 is 19.1 Å². The van der Waals surface area contributed by atoms with Crippen LogP contribution < -0.4 is 9.61 Å². The van der Waals surface area contributed by atoms with Crippen molar-refractivity contribution >= 4 is 36.5 Å². The van der Waals surface area contributed by atoms with Gasteiger partial charge in [-0.2, -0.15) is 10.1 Å². The third-order valence-electron chi connectivity index (χ3n) is 6.50. The Morgan fingerprint density at radius 2 is 2.00 bits per heavy atom. The highest BCUT2D eigenvalue weighted by atomic mass is 35.5. The Hall–Kier alpha value is -2.67. The van der Waals surface area contributed by atoms with Crippen molar-refractivity contribution in [3.8, 4) is 5.75 Å². The largest absolute Gasteiger partial charge is 0.462 e. The maximum Gasteiger partial charge on any atom is 0.459 e. The Kier molecular flexibility index (Phi) is 9.13. The third-order valence-corrected chi connectivity index (χ3v) is 8.29. The number of hydrogen-bond acceptors (Lipinski definition) is 10. The molecule has 1 aliphatic heterocycles. The second-order valence-electron chi connectivity index (χ2n) is 10.0. The Bertz CT molecular complexity index is 1400. The summed E-state index contributed by atoms with van der Waals surface area (Å²) in [7, 11) is -4.30. The van der Waals surface area contributed by atoms with E-state index in [-0.39, 0.29) is 16.7 Å². The SMILES string of the molecule is Cc1nc(Cl)nc2c1ncn2[C@@H]1O[C@H](CO)C(C)(COP(=O)(N[C@@H](C)C(=O)OC(C)C)Oc2ccccc2)C1F. The van der Waals surface area contributed by atoms with Gasteiger partial charge in [0.1, 0.15) is 17.3 Å². The number of benzene rings is 1. The summed E-state index contributed by atoms with van der Waals surface area (Å²) in [5.41, 5.74) is -0.342. The molecule has 1 aliphatic rings. The summed E-state index contributed by atoms with van der Waals surface area (Å²) in [5.74, 6) is -0.480. The smallest absolute Gasteiger partial charge is 0.459 e. The zero-order valence-corrected chi connectivity index (χ0v) is 24.3. The van der Waals surface area contributed by atoms with Crippen molar-refractivity contribution in [2.75, 3.05) is 13.2 Å². The number of rotatable bonds is 11. The van der Waals surface area contributed by atoms with E-state index < -0.39 is 63.0 Å². The molecule has 0 bridgehead atoms. The van der Waals surface area contributed by atoms with Crippen LogP contribution in [0.5, 0.6) is 5.75 Å². The van der Waals surface area contributed by atoms with Crippen molar-refractivity contribution in [3.05, 3.63) is 47.6 Å². The first kappa shape index (κ1) is 30.3. The molecule has 1 aromatic carbocycles. The van der Waals surface area contributed by atoms with Crippen LogP contribution in [0.25, 0.3) is 11.2 Å². The predicted molar refractivity (Wildman–Crippen MR) is 144 cm³/mol. The van der Waals surface area contributed by atoms with E-state index in [0.29, 0.717) is 11.2 Å². The van der Waals surface area contributed by atoms with Crippen LogP contribution in [0.2, 0.25) is 5.28 Å². The monoisotopic (exact) mass is 599 g/mol. The maximum absolute atomic E-state index is 16.2. The number of fused-ring (bicyclic) bond motifs is 1. The highest BCUT2D eigenvalue weighted by molar-refractivity contribution is 7.52. The maximum atomic E-state index is 16.2. The van der Waals surface area contributed by atoms with Crippen LogP contribution in [0.4, 0.5) is 4.39 Å². The number of para-hydroxylation sites is 1. The summed E-state index contributed by atoms with van der Waals surface area (Å²) in [6.45, 7) is 6.92. The number of nitrogens with one attached hydrogen (secondary N) is 1. The van der Waals surface area contributed by atoms with Gasteiger partial charge in [-0.15, -0.1) is 0 Å². The van der Waals surface area contributed by atoms with E-state index in [1.54, 1.807) is 51.1 Å². The van der Waals surface area contributed by atoms with Gasteiger partial charge in [0.05, 0.1) is 42.9 Å². The molecular formula is C25H32ClFN5O7P. The van der Waals surface area contributed by atoms with Crippen LogP contribution in [-0.4, -0.2) is 68.2 Å². The molecule has 4 rings (SSSR count). The quantitative estimate of drug-likeness (QED) is 0.186. The van der Waals surface area contributed by atoms with Gasteiger partial charge in [-0.3, -0.25) is 13.9 Å². The standard InChI is InChI=1S/C25H32ClFN5O7P/c1-14(2)37-23(34)16(4)31-40(35,39-17-9-7-6-8-10-17)36-12-25(5)18(11-33)38-22(20(25)27)32-13-28-19-15(3)29-24(26)30-21(19)32/h6-10,13-14,16,18,20,22,33H,11-12H2,1-5H3,(H,31,35)/t16-,18+,20?,22+,25?,40?/m0/s1. The minimum atomic E-state index is -4.30. The summed E-state index contributed by atoms with van der Waals surface area (Å²) in [6, 6.07) is 7.10. The molecule has 40 heavy (non-hydrogen) atoms. The number of carbonyl (C=O) groups excluding carboxylic acids is 1. The van der Waals surface area contributed by atoms with Gasteiger partial charge in [-0.25, -0.2) is 18.9 Å². The third kappa shape index (κ3) is 6.29. The van der Waals surface area contributed by atoms with Gasteiger partial charge in [0, 0.05) is 0 Å². The lowest BCUT2D eigenvalue weighted by Gasteiger charge is -2.32. The minimum Gasteiger partial charge on any atom is -0.462 e. The molecule has 218 valence electrons. The highest BCUT2D eigenvalue weighted by Crippen LogP contribution is 2.51. The lowest BCUT2D eigenvalue weighted by atomic mass is 9.82. The minimum absolute atomic E-state index is 0.0415. The molecule has 12 nitrogen and oxygen atoms in total. The van der Waals surface area contributed by atoms with E-state index in [1.807, 2.05) is 0 Å². The first-order chi connectivity index (χ1) is 18.9. The van der Waals surface area contributed by atoms with E-state index >= 15 is 4.39 Å². The van der Waals surface area contributed by atoms with Crippen molar-refractivity contribution in [1.29, 1.82) is 0 Å². The van der Waals surface area contributed by atoms with E-state index in [1.165, 1.54) is 24.7 Å². The van der Waals surface area contributed by atoms with E-state index in [2.05, 4.69) is 20.0 Å². The van der Waals surface area contributed by atoms with Gasteiger partial charge >= 0.3 is 13.7 Å². The molecule has 0 aliphatic carbocycles. The summed E-state index contributed by atoms with van der Waals surface area (Å²) in [5, 5.41) is 12.6. The van der Waals surface area contributed by atoms with Crippen molar-refractivity contribution in [2.24, 2.45) is 5.41 Å². The van der Waals surface area contributed by atoms with Crippen LogP contribution in [0.15, 0.2) is 36.7 Å². The molecule has 6 atom stereocenters. The summed E-state index contributed by atoms with van der Waals surface area (Å²) >= 11 is 6.02. The molecule has 0 spiro atoms. The lowest BCUT2D eigenvalue weighted by molar-refractivity contribution is -0.149. The van der Waals surface area contributed by atoms with Gasteiger partial charge in [0.15, 0.2) is 18.0 Å².